The van der Waals surface area contributed by atoms with Crippen LogP contribution in [0.5, 0.6) is 0 Å². The lowest BCUT2D eigenvalue weighted by Gasteiger charge is -2.30. The molecule has 1 fully saturated rings. The van der Waals surface area contributed by atoms with E-state index in [1.54, 1.807) is 0 Å². The molecule has 0 atom stereocenters. The highest BCUT2D eigenvalue weighted by Gasteiger charge is 2.36. The lowest BCUT2D eigenvalue weighted by Crippen LogP contribution is -2.44. The molecule has 0 radical (unpaired) electrons. The Bertz CT molecular complexity index is 1170. The number of hydrogen-bond donors (Lipinski definition) is 0. The van der Waals surface area contributed by atoms with Crippen molar-refractivity contribution in [1.82, 2.24) is 4.90 Å². The van der Waals surface area contributed by atoms with Gasteiger partial charge in [0.1, 0.15) is 5.82 Å². The molecule has 1 saturated heterocycles. The number of rotatable bonds is 3. The van der Waals surface area contributed by atoms with Gasteiger partial charge in [0.25, 0.3) is 5.91 Å². The van der Waals surface area contributed by atoms with Crippen molar-refractivity contribution in [2.45, 2.75) is 19.0 Å². The monoisotopic (exact) mass is 478 g/mol. The van der Waals surface area contributed by atoms with Crippen LogP contribution in [0.2, 0.25) is 0 Å². The Hall–Kier alpha value is -3.52. The van der Waals surface area contributed by atoms with Gasteiger partial charge in [-0.15, -0.1) is 0 Å². The first kappa shape index (κ1) is 24.1. The second-order valence-electron chi connectivity index (χ2n) is 7.47. The predicted molar refractivity (Wildman–Crippen MR) is 117 cm³/mol. The third kappa shape index (κ3) is 4.80. The van der Waals surface area contributed by atoms with Crippen molar-refractivity contribution >= 4 is 40.5 Å². The van der Waals surface area contributed by atoms with Crippen LogP contribution in [0, 0.1) is 17.1 Å². The molecule has 1 heterocycles. The van der Waals surface area contributed by atoms with Gasteiger partial charge in [-0.1, -0.05) is 0 Å². The highest BCUT2D eigenvalue weighted by Crippen LogP contribution is 2.35. The summed E-state index contributed by atoms with van der Waals surface area (Å²) in [5.74, 6) is -1.86. The van der Waals surface area contributed by atoms with E-state index < -0.39 is 34.9 Å². The molecule has 0 aliphatic carbocycles. The maximum absolute atomic E-state index is 14.7. The van der Waals surface area contributed by atoms with E-state index in [-0.39, 0.29) is 35.0 Å². The number of thiocarbonyl (C=S) groups is 1. The average molecular weight is 478 g/mol. The van der Waals surface area contributed by atoms with Gasteiger partial charge in [-0.25, -0.2) is 4.39 Å². The van der Waals surface area contributed by atoms with Gasteiger partial charge in [-0.3, -0.25) is 14.5 Å². The number of hydrogen-bond acceptors (Lipinski definition) is 4. The summed E-state index contributed by atoms with van der Waals surface area (Å²) in [4.78, 5) is 28.4. The van der Waals surface area contributed by atoms with Crippen molar-refractivity contribution in [3.63, 3.8) is 0 Å². The highest BCUT2D eigenvalue weighted by atomic mass is 32.1. The van der Waals surface area contributed by atoms with E-state index in [0.717, 1.165) is 17.0 Å². The zero-order valence-corrected chi connectivity index (χ0v) is 18.4. The lowest BCUT2D eigenvalue weighted by atomic mass is 10.1. The highest BCUT2D eigenvalue weighted by molar-refractivity contribution is 7.81. The molecule has 172 valence electrons. The first-order chi connectivity index (χ1) is 15.5. The number of carbonyl (C=O) groups excluding carboxylic acids is 2. The van der Waals surface area contributed by atoms with Gasteiger partial charge in [0, 0.05) is 32.7 Å². The summed E-state index contributed by atoms with van der Waals surface area (Å²) in [5, 5.41) is 8.88. The van der Waals surface area contributed by atoms with Crippen LogP contribution in [0.25, 0.3) is 0 Å². The van der Waals surface area contributed by atoms with Crippen molar-refractivity contribution in [3.05, 3.63) is 58.9 Å². The molecule has 0 aromatic heterocycles. The normalized spacial score (nSPS) is 14.7. The minimum absolute atomic E-state index is 0.00231. The molecule has 33 heavy (non-hydrogen) atoms. The van der Waals surface area contributed by atoms with E-state index in [9.17, 15) is 27.2 Å². The molecule has 11 heteroatoms. The SMILES string of the molecule is CN(C)C(=O)c1ccc(N2CCCC(=O)N(c3ccc(C#N)c(C(F)(F)F)c3)C2=S)cc1F. The molecule has 3 rings (SSSR count). The van der Waals surface area contributed by atoms with Gasteiger partial charge in [-0.05, 0) is 55.0 Å². The number of carbonyl (C=O) groups is 2. The Labute approximate surface area is 192 Å². The molecule has 2 aromatic carbocycles. The Morgan fingerprint density at radius 1 is 1.15 bits per heavy atom. The van der Waals surface area contributed by atoms with Crippen molar-refractivity contribution in [1.29, 1.82) is 5.26 Å². The van der Waals surface area contributed by atoms with Crippen LogP contribution in [0.4, 0.5) is 28.9 Å². The zero-order valence-electron chi connectivity index (χ0n) is 17.6. The van der Waals surface area contributed by atoms with Crippen LogP contribution in [0.1, 0.15) is 34.3 Å². The molecule has 2 amide bonds. The third-order valence-corrected chi connectivity index (χ3v) is 5.44. The summed E-state index contributed by atoms with van der Waals surface area (Å²) in [7, 11) is 2.96. The Morgan fingerprint density at radius 3 is 2.39 bits per heavy atom. The first-order valence-corrected chi connectivity index (χ1v) is 10.1. The number of alkyl halides is 3. The molecular weight excluding hydrogens is 460 g/mol. The second kappa shape index (κ2) is 9.15. The summed E-state index contributed by atoms with van der Waals surface area (Å²) < 4.78 is 55.0. The summed E-state index contributed by atoms with van der Waals surface area (Å²) >= 11 is 5.43. The summed E-state index contributed by atoms with van der Waals surface area (Å²) in [6.45, 7) is 0.212. The standard InChI is InChI=1S/C22H18F4N4O2S/c1-28(2)20(32)16-8-7-14(11-18(16)23)29-9-3-4-19(31)30(21(29)33)15-6-5-13(12-27)17(10-15)22(24,25)26/h5-8,10-11H,3-4,9H2,1-2H3. The molecule has 0 bridgehead atoms. The fraction of sp³-hybridized carbons (Fsp3) is 0.273. The largest absolute Gasteiger partial charge is 0.417 e. The number of benzene rings is 2. The minimum atomic E-state index is -4.81. The van der Waals surface area contributed by atoms with Crippen molar-refractivity contribution in [2.24, 2.45) is 0 Å². The van der Waals surface area contributed by atoms with Crippen molar-refractivity contribution in [3.8, 4) is 6.07 Å². The molecule has 0 saturated carbocycles. The van der Waals surface area contributed by atoms with Gasteiger partial charge >= 0.3 is 6.18 Å². The lowest BCUT2D eigenvalue weighted by molar-refractivity contribution is -0.137. The van der Waals surface area contributed by atoms with Crippen molar-refractivity contribution in [2.75, 3.05) is 30.4 Å². The fourth-order valence-electron chi connectivity index (χ4n) is 3.41. The van der Waals surface area contributed by atoms with Crippen LogP contribution >= 0.6 is 12.2 Å². The second-order valence-corrected chi connectivity index (χ2v) is 7.84. The zero-order chi connectivity index (χ0) is 24.5. The first-order valence-electron chi connectivity index (χ1n) is 9.72. The number of nitrogens with zero attached hydrogens (tertiary/aromatic N) is 4. The van der Waals surface area contributed by atoms with Gasteiger partial charge in [0.2, 0.25) is 5.91 Å². The number of amides is 2. The van der Waals surface area contributed by atoms with Gasteiger partial charge < -0.3 is 9.80 Å². The maximum atomic E-state index is 14.7. The quantitative estimate of drug-likeness (QED) is 0.485. The number of anilines is 2. The Kier molecular flexibility index (Phi) is 6.69. The van der Waals surface area contributed by atoms with Crippen LogP contribution in [0.15, 0.2) is 36.4 Å². The smallest absolute Gasteiger partial charge is 0.345 e. The molecule has 1 aliphatic heterocycles. The number of nitriles is 1. The van der Waals surface area contributed by atoms with Gasteiger partial charge in [0.05, 0.1) is 28.4 Å². The van der Waals surface area contributed by atoms with Crippen LogP contribution in [-0.2, 0) is 11.0 Å². The minimum Gasteiger partial charge on any atom is -0.345 e. The summed E-state index contributed by atoms with van der Waals surface area (Å²) in [6.07, 6.45) is -4.50. The maximum Gasteiger partial charge on any atom is 0.417 e. The van der Waals surface area contributed by atoms with Crippen molar-refractivity contribution < 1.29 is 27.2 Å². The van der Waals surface area contributed by atoms with E-state index in [0.29, 0.717) is 12.5 Å². The molecule has 1 aliphatic rings. The molecular formula is C22H18F4N4O2S. The molecule has 0 N–H and O–H groups in total. The van der Waals surface area contributed by atoms with E-state index in [1.165, 1.54) is 48.2 Å². The predicted octanol–water partition coefficient (Wildman–Crippen LogP) is 4.34. The van der Waals surface area contributed by atoms with E-state index in [2.05, 4.69) is 0 Å². The summed E-state index contributed by atoms with van der Waals surface area (Å²) in [5.41, 5.74) is -1.83. The molecule has 0 spiro atoms. The average Bonchev–Trinajstić information content (AvgIpc) is 2.89. The van der Waals surface area contributed by atoms with Gasteiger partial charge in [0.15, 0.2) is 5.11 Å². The molecule has 6 nitrogen and oxygen atoms in total. The topological polar surface area (TPSA) is 67.7 Å². The summed E-state index contributed by atoms with van der Waals surface area (Å²) in [6, 6.07) is 8.22. The fourth-order valence-corrected chi connectivity index (χ4v) is 3.81. The number of halogens is 4. The Morgan fingerprint density at radius 2 is 1.82 bits per heavy atom. The van der Waals surface area contributed by atoms with E-state index >= 15 is 0 Å². The third-order valence-electron chi connectivity index (χ3n) is 5.03. The van der Waals surface area contributed by atoms with E-state index in [4.69, 9.17) is 17.5 Å². The molecule has 2 aromatic rings. The Balaban J connectivity index is 2.04. The molecule has 0 unspecified atom stereocenters. The van der Waals surface area contributed by atoms with Crippen LogP contribution in [-0.4, -0.2) is 42.5 Å². The van der Waals surface area contributed by atoms with Crippen LogP contribution < -0.4 is 9.80 Å². The van der Waals surface area contributed by atoms with E-state index in [1.807, 2.05) is 0 Å². The van der Waals surface area contributed by atoms with Crippen LogP contribution in [0.3, 0.4) is 0 Å². The van der Waals surface area contributed by atoms with Gasteiger partial charge in [-0.2, -0.15) is 18.4 Å².